The van der Waals surface area contributed by atoms with Gasteiger partial charge in [0.15, 0.2) is 0 Å². The van der Waals surface area contributed by atoms with Gasteiger partial charge in [-0.2, -0.15) is 0 Å². The minimum absolute atomic E-state index is 0.855. The van der Waals surface area contributed by atoms with E-state index < -0.39 is 0 Å². The van der Waals surface area contributed by atoms with E-state index in [1.165, 1.54) is 11.1 Å². The molecular formula is C20H29ClN4O. The van der Waals surface area contributed by atoms with E-state index in [-0.39, 0.29) is 0 Å². The Balaban J connectivity index is 1.59. The molecular weight excluding hydrogens is 348 g/mol. The van der Waals surface area contributed by atoms with Crippen LogP contribution >= 0.6 is 11.6 Å². The highest BCUT2D eigenvalue weighted by atomic mass is 35.5. The predicted octanol–water partition coefficient (Wildman–Crippen LogP) is 3.72. The highest BCUT2D eigenvalue weighted by molar-refractivity contribution is 6.31. The minimum atomic E-state index is 0.855. The molecule has 2 heterocycles. The van der Waals surface area contributed by atoms with Crippen LogP contribution in [0.4, 0.5) is 5.69 Å². The number of hydrogen-bond acceptors (Lipinski definition) is 5. The van der Waals surface area contributed by atoms with Gasteiger partial charge in [-0.05, 0) is 51.1 Å². The molecule has 6 heteroatoms. The van der Waals surface area contributed by atoms with Gasteiger partial charge < -0.3 is 9.42 Å². The molecule has 3 rings (SSSR count). The molecule has 1 saturated heterocycles. The second-order valence-electron chi connectivity index (χ2n) is 7.38. The standard InChI is InChI=1S/C20H29ClN4O/c1-15-19(16(2)26-22-15)14-25-9-5-8-24(10-11-25)13-17-6-7-18(23(3)4)12-20(17)21/h6-7,12H,5,8-11,13-14H2,1-4H3. The first kappa shape index (κ1) is 19.2. The smallest absolute Gasteiger partial charge is 0.138 e. The lowest BCUT2D eigenvalue weighted by atomic mass is 10.2. The Morgan fingerprint density at radius 3 is 2.35 bits per heavy atom. The Morgan fingerprint density at radius 2 is 1.77 bits per heavy atom. The molecule has 0 bridgehead atoms. The first-order valence-corrected chi connectivity index (χ1v) is 9.64. The zero-order valence-electron chi connectivity index (χ0n) is 16.3. The van der Waals surface area contributed by atoms with Gasteiger partial charge in [0.25, 0.3) is 0 Å². The zero-order chi connectivity index (χ0) is 18.7. The normalized spacial score (nSPS) is 16.7. The third kappa shape index (κ3) is 4.58. The number of anilines is 1. The van der Waals surface area contributed by atoms with Crippen molar-refractivity contribution < 1.29 is 4.52 Å². The average molecular weight is 377 g/mol. The van der Waals surface area contributed by atoms with Gasteiger partial charge in [0.05, 0.1) is 5.69 Å². The number of aromatic nitrogens is 1. The maximum absolute atomic E-state index is 6.51. The van der Waals surface area contributed by atoms with Gasteiger partial charge in [-0.1, -0.05) is 22.8 Å². The third-order valence-corrected chi connectivity index (χ3v) is 5.54. The fourth-order valence-corrected chi connectivity index (χ4v) is 3.71. The summed E-state index contributed by atoms with van der Waals surface area (Å²) in [6.07, 6.45) is 1.16. The average Bonchev–Trinajstić information content (AvgIpc) is 2.80. The van der Waals surface area contributed by atoms with E-state index in [4.69, 9.17) is 16.1 Å². The quantitative estimate of drug-likeness (QED) is 0.794. The topological polar surface area (TPSA) is 35.8 Å². The Morgan fingerprint density at radius 1 is 1.08 bits per heavy atom. The molecule has 0 unspecified atom stereocenters. The van der Waals surface area contributed by atoms with Gasteiger partial charge in [0.2, 0.25) is 0 Å². The lowest BCUT2D eigenvalue weighted by molar-refractivity contribution is 0.246. The van der Waals surface area contributed by atoms with Gasteiger partial charge in [0, 0.05) is 56.5 Å². The molecule has 0 spiro atoms. The van der Waals surface area contributed by atoms with E-state index in [0.29, 0.717) is 0 Å². The Labute approximate surface area is 161 Å². The predicted molar refractivity (Wildman–Crippen MR) is 107 cm³/mol. The molecule has 0 N–H and O–H groups in total. The van der Waals surface area contributed by atoms with Crippen LogP contribution in [0.5, 0.6) is 0 Å². The zero-order valence-corrected chi connectivity index (χ0v) is 17.0. The summed E-state index contributed by atoms with van der Waals surface area (Å²) in [5, 5.41) is 4.93. The fraction of sp³-hybridized carbons (Fsp3) is 0.550. The van der Waals surface area contributed by atoms with Crippen LogP contribution in [0, 0.1) is 13.8 Å². The lowest BCUT2D eigenvalue weighted by Gasteiger charge is -2.22. The van der Waals surface area contributed by atoms with Crippen LogP contribution in [0.1, 0.15) is 29.0 Å². The van der Waals surface area contributed by atoms with Crippen LogP contribution in [0.3, 0.4) is 0 Å². The van der Waals surface area contributed by atoms with Crippen LogP contribution in [0.2, 0.25) is 5.02 Å². The number of nitrogens with zero attached hydrogens (tertiary/aromatic N) is 4. The van der Waals surface area contributed by atoms with Crippen molar-refractivity contribution in [3.63, 3.8) is 0 Å². The highest BCUT2D eigenvalue weighted by Crippen LogP contribution is 2.24. The molecule has 142 valence electrons. The number of hydrogen-bond donors (Lipinski definition) is 0. The van der Waals surface area contributed by atoms with Gasteiger partial charge in [-0.15, -0.1) is 0 Å². The van der Waals surface area contributed by atoms with Crippen molar-refractivity contribution >= 4 is 17.3 Å². The molecule has 0 radical (unpaired) electrons. The van der Waals surface area contributed by atoms with Crippen LogP contribution in [-0.4, -0.2) is 55.2 Å². The number of benzene rings is 1. The van der Waals surface area contributed by atoms with E-state index in [2.05, 4.69) is 38.1 Å². The first-order valence-electron chi connectivity index (χ1n) is 9.26. The molecule has 1 aromatic carbocycles. The summed E-state index contributed by atoms with van der Waals surface area (Å²) in [4.78, 5) is 7.08. The molecule has 0 saturated carbocycles. The molecule has 2 aromatic rings. The summed E-state index contributed by atoms with van der Waals surface area (Å²) < 4.78 is 5.30. The number of aryl methyl sites for hydroxylation is 2. The first-order chi connectivity index (χ1) is 12.4. The van der Waals surface area contributed by atoms with Crippen molar-refractivity contribution in [1.29, 1.82) is 0 Å². The maximum Gasteiger partial charge on any atom is 0.138 e. The Hall–Kier alpha value is -1.56. The highest BCUT2D eigenvalue weighted by Gasteiger charge is 2.19. The molecule has 0 atom stereocenters. The van der Waals surface area contributed by atoms with Crippen molar-refractivity contribution in [2.75, 3.05) is 45.2 Å². The van der Waals surface area contributed by atoms with Crippen LogP contribution in [-0.2, 0) is 13.1 Å². The molecule has 1 aromatic heterocycles. The maximum atomic E-state index is 6.51. The summed E-state index contributed by atoms with van der Waals surface area (Å²) in [5.41, 5.74) is 4.59. The Bertz CT molecular complexity index is 724. The molecule has 1 aliphatic rings. The van der Waals surface area contributed by atoms with Crippen LogP contribution < -0.4 is 4.90 Å². The number of rotatable bonds is 5. The molecule has 0 aliphatic carbocycles. The minimum Gasteiger partial charge on any atom is -0.378 e. The second-order valence-corrected chi connectivity index (χ2v) is 7.79. The van der Waals surface area contributed by atoms with E-state index >= 15 is 0 Å². The van der Waals surface area contributed by atoms with Gasteiger partial charge in [-0.25, -0.2) is 0 Å². The molecule has 26 heavy (non-hydrogen) atoms. The van der Waals surface area contributed by atoms with Gasteiger partial charge in [0.1, 0.15) is 5.76 Å². The summed E-state index contributed by atoms with van der Waals surface area (Å²) in [7, 11) is 4.07. The van der Waals surface area contributed by atoms with Crippen LogP contribution in [0.25, 0.3) is 0 Å². The summed E-state index contributed by atoms with van der Waals surface area (Å²) in [6.45, 7) is 10.2. The van der Waals surface area contributed by atoms with Gasteiger partial charge >= 0.3 is 0 Å². The van der Waals surface area contributed by atoms with Crippen molar-refractivity contribution in [1.82, 2.24) is 15.0 Å². The fourth-order valence-electron chi connectivity index (χ4n) is 3.48. The SMILES string of the molecule is Cc1noc(C)c1CN1CCCN(Cc2ccc(N(C)C)cc2Cl)CC1. The Kier molecular flexibility index (Phi) is 6.22. The van der Waals surface area contributed by atoms with Crippen molar-refractivity contribution in [3.8, 4) is 0 Å². The monoisotopic (exact) mass is 376 g/mol. The van der Waals surface area contributed by atoms with E-state index in [1.54, 1.807) is 0 Å². The summed E-state index contributed by atoms with van der Waals surface area (Å²) >= 11 is 6.51. The van der Waals surface area contributed by atoms with Gasteiger partial charge in [-0.3, -0.25) is 9.80 Å². The van der Waals surface area contributed by atoms with Crippen molar-refractivity contribution in [2.24, 2.45) is 0 Å². The van der Waals surface area contributed by atoms with E-state index in [9.17, 15) is 0 Å². The molecule has 1 fully saturated rings. The third-order valence-electron chi connectivity index (χ3n) is 5.19. The number of halogens is 1. The second kappa shape index (κ2) is 8.42. The van der Waals surface area contributed by atoms with E-state index in [0.717, 1.165) is 67.9 Å². The molecule has 5 nitrogen and oxygen atoms in total. The van der Waals surface area contributed by atoms with Crippen LogP contribution in [0.15, 0.2) is 22.7 Å². The van der Waals surface area contributed by atoms with Crippen molar-refractivity contribution in [3.05, 3.63) is 45.8 Å². The largest absolute Gasteiger partial charge is 0.378 e. The summed E-state index contributed by atoms with van der Waals surface area (Å²) in [5.74, 6) is 0.941. The molecule has 0 amide bonds. The lowest BCUT2D eigenvalue weighted by Crippen LogP contribution is -2.30. The summed E-state index contributed by atoms with van der Waals surface area (Å²) in [6, 6.07) is 6.35. The molecule has 1 aliphatic heterocycles. The van der Waals surface area contributed by atoms with Crippen molar-refractivity contribution in [2.45, 2.75) is 33.4 Å². The van der Waals surface area contributed by atoms with E-state index in [1.807, 2.05) is 27.9 Å².